The first kappa shape index (κ1) is 21.6. The van der Waals surface area contributed by atoms with E-state index in [9.17, 15) is 9.59 Å². The molecule has 142 valence electrons. The SMILES string of the molecule is CCOC(=O)c1cnn(-c2cccc(NC(=O)C(N)COC)c2)c1C.Cl. The number of aromatic nitrogens is 2. The predicted molar refractivity (Wildman–Crippen MR) is 100.0 cm³/mol. The summed E-state index contributed by atoms with van der Waals surface area (Å²) in [5.41, 5.74) is 8.03. The number of hydrogen-bond acceptors (Lipinski definition) is 6. The number of benzene rings is 1. The number of rotatable bonds is 7. The summed E-state index contributed by atoms with van der Waals surface area (Å²) in [5.74, 6) is -0.760. The zero-order valence-corrected chi connectivity index (χ0v) is 15.7. The molecule has 26 heavy (non-hydrogen) atoms. The number of esters is 1. The van der Waals surface area contributed by atoms with Crippen molar-refractivity contribution in [3.63, 3.8) is 0 Å². The van der Waals surface area contributed by atoms with Gasteiger partial charge in [-0.05, 0) is 32.0 Å². The average molecular weight is 383 g/mol. The van der Waals surface area contributed by atoms with Gasteiger partial charge in [0.25, 0.3) is 0 Å². The lowest BCUT2D eigenvalue weighted by Crippen LogP contribution is -2.39. The van der Waals surface area contributed by atoms with Gasteiger partial charge in [-0.2, -0.15) is 5.10 Å². The van der Waals surface area contributed by atoms with Gasteiger partial charge in [-0.25, -0.2) is 9.48 Å². The van der Waals surface area contributed by atoms with Gasteiger partial charge in [0.1, 0.15) is 11.6 Å². The molecule has 0 bridgehead atoms. The van der Waals surface area contributed by atoms with Gasteiger partial charge < -0.3 is 20.5 Å². The molecule has 3 N–H and O–H groups in total. The average Bonchev–Trinajstić information content (AvgIpc) is 2.97. The molecule has 0 radical (unpaired) electrons. The van der Waals surface area contributed by atoms with Crippen molar-refractivity contribution >= 4 is 30.0 Å². The maximum atomic E-state index is 12.0. The number of nitrogens with two attached hydrogens (primary N) is 1. The van der Waals surface area contributed by atoms with E-state index in [1.54, 1.807) is 36.7 Å². The Kier molecular flexibility index (Phi) is 8.24. The standard InChI is InChI=1S/C17H22N4O4.ClH/c1-4-25-17(23)14-9-19-21(11(14)2)13-7-5-6-12(8-13)20-16(22)15(18)10-24-3;/h5-9,15H,4,10,18H2,1-3H3,(H,20,22);1H. The van der Waals surface area contributed by atoms with Crippen molar-refractivity contribution < 1.29 is 19.1 Å². The quantitative estimate of drug-likeness (QED) is 0.705. The molecule has 0 spiro atoms. The summed E-state index contributed by atoms with van der Waals surface area (Å²) in [6.07, 6.45) is 1.47. The van der Waals surface area contributed by atoms with Crippen LogP contribution in [0.2, 0.25) is 0 Å². The number of hydrogen-bond donors (Lipinski definition) is 2. The molecule has 1 aromatic carbocycles. The van der Waals surface area contributed by atoms with E-state index in [0.29, 0.717) is 29.2 Å². The van der Waals surface area contributed by atoms with Crippen LogP contribution >= 0.6 is 12.4 Å². The summed E-state index contributed by atoms with van der Waals surface area (Å²) in [7, 11) is 1.48. The molecule has 9 heteroatoms. The third-order valence-corrected chi connectivity index (χ3v) is 3.55. The first-order chi connectivity index (χ1) is 12.0. The Bertz CT molecular complexity index is 763. The number of carbonyl (C=O) groups is 2. The number of nitrogens with zero attached hydrogens (tertiary/aromatic N) is 2. The van der Waals surface area contributed by atoms with E-state index in [2.05, 4.69) is 10.4 Å². The fraction of sp³-hybridized carbons (Fsp3) is 0.353. The van der Waals surface area contributed by atoms with Crippen LogP contribution < -0.4 is 11.1 Å². The lowest BCUT2D eigenvalue weighted by molar-refractivity contribution is -0.118. The van der Waals surface area contributed by atoms with Crippen LogP contribution in [0.5, 0.6) is 0 Å². The van der Waals surface area contributed by atoms with Crippen LogP contribution in [0, 0.1) is 6.92 Å². The molecule has 0 aliphatic heterocycles. The van der Waals surface area contributed by atoms with Crippen molar-refractivity contribution in [3.05, 3.63) is 41.7 Å². The molecule has 0 aliphatic carbocycles. The molecule has 2 rings (SSSR count). The normalized spacial score (nSPS) is 11.4. The molecular weight excluding hydrogens is 360 g/mol. The van der Waals surface area contributed by atoms with Crippen LogP contribution in [-0.4, -0.2) is 48.0 Å². The van der Waals surface area contributed by atoms with Gasteiger partial charge in [-0.3, -0.25) is 4.79 Å². The Morgan fingerprint density at radius 1 is 1.38 bits per heavy atom. The van der Waals surface area contributed by atoms with Crippen LogP contribution in [0.4, 0.5) is 5.69 Å². The molecule has 1 unspecified atom stereocenters. The van der Waals surface area contributed by atoms with Crippen LogP contribution in [-0.2, 0) is 14.3 Å². The third kappa shape index (κ3) is 5.04. The topological polar surface area (TPSA) is 108 Å². The molecule has 1 atom stereocenters. The highest BCUT2D eigenvalue weighted by Crippen LogP contribution is 2.18. The predicted octanol–water partition coefficient (Wildman–Crippen LogP) is 1.69. The summed E-state index contributed by atoms with van der Waals surface area (Å²) >= 11 is 0. The zero-order chi connectivity index (χ0) is 18.4. The van der Waals surface area contributed by atoms with Crippen LogP contribution in [0.3, 0.4) is 0 Å². The van der Waals surface area contributed by atoms with Crippen LogP contribution in [0.1, 0.15) is 23.0 Å². The van der Waals surface area contributed by atoms with Gasteiger partial charge in [0.15, 0.2) is 0 Å². The molecule has 2 aromatic rings. The highest BCUT2D eigenvalue weighted by Gasteiger charge is 2.17. The minimum atomic E-state index is -0.754. The molecule has 0 saturated carbocycles. The third-order valence-electron chi connectivity index (χ3n) is 3.55. The minimum absolute atomic E-state index is 0. The van der Waals surface area contributed by atoms with Crippen LogP contribution in [0.15, 0.2) is 30.5 Å². The maximum Gasteiger partial charge on any atom is 0.341 e. The summed E-state index contributed by atoms with van der Waals surface area (Å²) in [6.45, 7) is 3.95. The number of anilines is 1. The molecule has 1 amide bonds. The summed E-state index contributed by atoms with van der Waals surface area (Å²) < 4.78 is 11.5. The van der Waals surface area contributed by atoms with Gasteiger partial charge in [0.05, 0.1) is 30.8 Å². The first-order valence-electron chi connectivity index (χ1n) is 7.85. The summed E-state index contributed by atoms with van der Waals surface area (Å²) in [4.78, 5) is 23.9. The Morgan fingerprint density at radius 3 is 2.77 bits per heavy atom. The van der Waals surface area contributed by atoms with Gasteiger partial charge in [-0.15, -0.1) is 12.4 Å². The Labute approximate surface area is 158 Å². The molecule has 1 aromatic heterocycles. The maximum absolute atomic E-state index is 12.0. The number of methoxy groups -OCH3 is 1. The Balaban J connectivity index is 0.00000338. The van der Waals surface area contributed by atoms with Gasteiger partial charge in [0, 0.05) is 12.8 Å². The second-order valence-electron chi connectivity index (χ2n) is 5.38. The van der Waals surface area contributed by atoms with E-state index in [0.717, 1.165) is 0 Å². The Morgan fingerprint density at radius 2 is 2.12 bits per heavy atom. The highest BCUT2D eigenvalue weighted by molar-refractivity contribution is 5.95. The van der Waals surface area contributed by atoms with E-state index in [4.69, 9.17) is 15.2 Å². The van der Waals surface area contributed by atoms with Crippen molar-refractivity contribution in [1.82, 2.24) is 9.78 Å². The lowest BCUT2D eigenvalue weighted by Gasteiger charge is -2.12. The van der Waals surface area contributed by atoms with E-state index >= 15 is 0 Å². The van der Waals surface area contributed by atoms with Gasteiger partial charge >= 0.3 is 5.97 Å². The molecule has 0 aliphatic rings. The fourth-order valence-electron chi connectivity index (χ4n) is 2.28. The van der Waals surface area contributed by atoms with Crippen LogP contribution in [0.25, 0.3) is 5.69 Å². The molecular formula is C17H23ClN4O4. The number of carbonyl (C=O) groups excluding carboxylic acids is 2. The van der Waals surface area contributed by atoms with Gasteiger partial charge in [-0.1, -0.05) is 6.07 Å². The first-order valence-corrected chi connectivity index (χ1v) is 7.85. The van der Waals surface area contributed by atoms with E-state index < -0.39 is 12.0 Å². The number of ether oxygens (including phenoxy) is 2. The van der Waals surface area contributed by atoms with Crippen molar-refractivity contribution in [2.24, 2.45) is 5.73 Å². The second-order valence-corrected chi connectivity index (χ2v) is 5.38. The lowest BCUT2D eigenvalue weighted by atomic mass is 10.2. The number of halogens is 1. The van der Waals surface area contributed by atoms with E-state index in [1.165, 1.54) is 13.3 Å². The van der Waals surface area contributed by atoms with Gasteiger partial charge in [0.2, 0.25) is 5.91 Å². The zero-order valence-electron chi connectivity index (χ0n) is 14.9. The second kappa shape index (κ2) is 9.91. The molecule has 0 saturated heterocycles. The van der Waals surface area contributed by atoms with E-state index in [-0.39, 0.29) is 24.9 Å². The van der Waals surface area contributed by atoms with Crippen molar-refractivity contribution in [3.8, 4) is 5.69 Å². The van der Waals surface area contributed by atoms with Crippen molar-refractivity contribution in [1.29, 1.82) is 0 Å². The smallest absolute Gasteiger partial charge is 0.341 e. The number of nitrogens with one attached hydrogen (secondary N) is 1. The minimum Gasteiger partial charge on any atom is -0.462 e. The van der Waals surface area contributed by atoms with Crippen molar-refractivity contribution in [2.75, 3.05) is 25.6 Å². The monoisotopic (exact) mass is 382 g/mol. The molecule has 8 nitrogen and oxygen atoms in total. The summed E-state index contributed by atoms with van der Waals surface area (Å²) in [6, 6.07) is 6.33. The van der Waals surface area contributed by atoms with Crippen molar-refractivity contribution in [2.45, 2.75) is 19.9 Å². The summed E-state index contributed by atoms with van der Waals surface area (Å²) in [5, 5.41) is 6.96. The van der Waals surface area contributed by atoms with E-state index in [1.807, 2.05) is 6.07 Å². The number of amides is 1. The molecule has 1 heterocycles. The molecule has 0 fully saturated rings. The largest absolute Gasteiger partial charge is 0.462 e. The Hall–Kier alpha value is -2.42. The fourth-order valence-corrected chi connectivity index (χ4v) is 2.28. The highest BCUT2D eigenvalue weighted by atomic mass is 35.5.